The third-order valence-electron chi connectivity index (χ3n) is 4.25. The number of halogens is 1. The van der Waals surface area contributed by atoms with Crippen LogP contribution in [0.15, 0.2) is 35.6 Å². The first-order chi connectivity index (χ1) is 11.1. The largest absolute Gasteiger partial charge is 0.352 e. The van der Waals surface area contributed by atoms with Gasteiger partial charge in [-0.2, -0.15) is 5.10 Å². The Kier molecular flexibility index (Phi) is 6.20. The lowest BCUT2D eigenvalue weighted by Gasteiger charge is -2.23. The second-order valence-electron chi connectivity index (χ2n) is 6.77. The molecule has 0 bridgehead atoms. The molecule has 1 aromatic heterocycles. The van der Waals surface area contributed by atoms with Crippen LogP contribution in [-0.4, -0.2) is 46.2 Å². The number of H-pyrrole nitrogens is 1. The molecule has 2 N–H and O–H groups in total. The normalized spacial score (nSPS) is 16.8. The molecule has 130 valence electrons. The molecule has 1 saturated heterocycles. The Hall–Kier alpha value is -1.64. The molecule has 0 saturated carbocycles. The SMILES string of the molecule is CN=C(NCc1cccc(-c2ncn[nH]2)c1)N1CCC(C)(C)C1.I. The average Bonchev–Trinajstić information content (AvgIpc) is 3.18. The fourth-order valence-corrected chi connectivity index (χ4v) is 2.98. The summed E-state index contributed by atoms with van der Waals surface area (Å²) >= 11 is 0. The highest BCUT2D eigenvalue weighted by Crippen LogP contribution is 2.28. The van der Waals surface area contributed by atoms with Crippen molar-refractivity contribution in [3.8, 4) is 11.4 Å². The molecular weight excluding hydrogens is 415 g/mol. The van der Waals surface area contributed by atoms with Gasteiger partial charge in [0, 0.05) is 32.2 Å². The summed E-state index contributed by atoms with van der Waals surface area (Å²) in [6.45, 7) is 7.46. The van der Waals surface area contributed by atoms with E-state index in [2.05, 4.69) is 56.4 Å². The van der Waals surface area contributed by atoms with Gasteiger partial charge in [0.25, 0.3) is 0 Å². The van der Waals surface area contributed by atoms with E-state index in [-0.39, 0.29) is 24.0 Å². The van der Waals surface area contributed by atoms with E-state index in [1.54, 1.807) is 0 Å². The van der Waals surface area contributed by atoms with Crippen LogP contribution < -0.4 is 5.32 Å². The van der Waals surface area contributed by atoms with Gasteiger partial charge in [-0.25, -0.2) is 4.98 Å². The van der Waals surface area contributed by atoms with Gasteiger partial charge in [-0.3, -0.25) is 10.1 Å². The minimum atomic E-state index is 0. The standard InChI is InChI=1S/C17H24N6.HI/c1-17(2)7-8-23(11-17)16(18-3)19-10-13-5-4-6-14(9-13)15-20-12-21-22-15;/h4-6,9,12H,7-8,10-11H2,1-3H3,(H,18,19)(H,20,21,22);1H. The Morgan fingerprint density at radius 1 is 1.42 bits per heavy atom. The number of hydrogen-bond donors (Lipinski definition) is 2. The van der Waals surface area contributed by atoms with Crippen LogP contribution >= 0.6 is 24.0 Å². The number of likely N-dealkylation sites (tertiary alicyclic amines) is 1. The quantitative estimate of drug-likeness (QED) is 0.438. The maximum atomic E-state index is 4.43. The van der Waals surface area contributed by atoms with Crippen molar-refractivity contribution in [1.82, 2.24) is 25.4 Å². The minimum Gasteiger partial charge on any atom is -0.352 e. The molecule has 6 nitrogen and oxygen atoms in total. The maximum absolute atomic E-state index is 4.43. The summed E-state index contributed by atoms with van der Waals surface area (Å²) in [6.07, 6.45) is 2.73. The second kappa shape index (κ2) is 7.96. The summed E-state index contributed by atoms with van der Waals surface area (Å²) in [7, 11) is 1.85. The van der Waals surface area contributed by atoms with Crippen molar-refractivity contribution in [2.75, 3.05) is 20.1 Å². The van der Waals surface area contributed by atoms with Crippen molar-refractivity contribution in [2.24, 2.45) is 10.4 Å². The second-order valence-corrected chi connectivity index (χ2v) is 6.77. The van der Waals surface area contributed by atoms with E-state index >= 15 is 0 Å². The molecule has 2 aromatic rings. The number of nitrogens with zero attached hydrogens (tertiary/aromatic N) is 4. The van der Waals surface area contributed by atoms with Crippen molar-refractivity contribution < 1.29 is 0 Å². The Balaban J connectivity index is 0.00000208. The summed E-state index contributed by atoms with van der Waals surface area (Å²) in [5.41, 5.74) is 2.60. The Bertz CT molecular complexity index is 680. The third kappa shape index (κ3) is 4.46. The number of hydrogen-bond acceptors (Lipinski definition) is 3. The van der Waals surface area contributed by atoms with Crippen LogP contribution in [0.25, 0.3) is 11.4 Å². The van der Waals surface area contributed by atoms with E-state index in [1.165, 1.54) is 18.3 Å². The first kappa shape index (κ1) is 18.7. The number of aromatic amines is 1. The van der Waals surface area contributed by atoms with Crippen LogP contribution in [0.5, 0.6) is 0 Å². The first-order valence-electron chi connectivity index (χ1n) is 7.98. The van der Waals surface area contributed by atoms with E-state index < -0.39 is 0 Å². The first-order valence-corrected chi connectivity index (χ1v) is 7.98. The van der Waals surface area contributed by atoms with Crippen LogP contribution in [0, 0.1) is 5.41 Å². The number of aliphatic imine (C=N–C) groups is 1. The van der Waals surface area contributed by atoms with Crippen molar-refractivity contribution in [2.45, 2.75) is 26.8 Å². The van der Waals surface area contributed by atoms with Crippen LogP contribution in [0.1, 0.15) is 25.8 Å². The van der Waals surface area contributed by atoms with Gasteiger partial charge in [-0.1, -0.05) is 32.0 Å². The predicted molar refractivity (Wildman–Crippen MR) is 107 cm³/mol. The van der Waals surface area contributed by atoms with Crippen LogP contribution in [0.3, 0.4) is 0 Å². The molecule has 0 spiro atoms. The molecule has 0 amide bonds. The highest BCUT2D eigenvalue weighted by atomic mass is 127. The van der Waals surface area contributed by atoms with Gasteiger partial charge in [-0.05, 0) is 23.5 Å². The van der Waals surface area contributed by atoms with Gasteiger partial charge in [0.05, 0.1) is 0 Å². The van der Waals surface area contributed by atoms with E-state index in [9.17, 15) is 0 Å². The number of aromatic nitrogens is 3. The van der Waals surface area contributed by atoms with E-state index in [4.69, 9.17) is 0 Å². The Morgan fingerprint density at radius 3 is 2.88 bits per heavy atom. The zero-order valence-electron chi connectivity index (χ0n) is 14.4. The van der Waals surface area contributed by atoms with E-state index in [0.29, 0.717) is 5.41 Å². The van der Waals surface area contributed by atoms with Crippen LogP contribution in [0.4, 0.5) is 0 Å². The van der Waals surface area contributed by atoms with E-state index in [1.807, 2.05) is 19.2 Å². The van der Waals surface area contributed by atoms with Crippen molar-refractivity contribution in [3.05, 3.63) is 36.2 Å². The zero-order chi connectivity index (χ0) is 16.3. The summed E-state index contributed by atoms with van der Waals surface area (Å²) < 4.78 is 0. The molecule has 24 heavy (non-hydrogen) atoms. The fraction of sp³-hybridized carbons (Fsp3) is 0.471. The highest BCUT2D eigenvalue weighted by Gasteiger charge is 2.30. The summed E-state index contributed by atoms with van der Waals surface area (Å²) in [6, 6.07) is 8.29. The summed E-state index contributed by atoms with van der Waals surface area (Å²) in [5, 5.41) is 10.3. The number of rotatable bonds is 3. The highest BCUT2D eigenvalue weighted by molar-refractivity contribution is 14.0. The molecule has 0 aliphatic carbocycles. The number of benzene rings is 1. The lowest BCUT2D eigenvalue weighted by Crippen LogP contribution is -2.40. The van der Waals surface area contributed by atoms with Gasteiger partial charge in [-0.15, -0.1) is 24.0 Å². The van der Waals surface area contributed by atoms with Crippen molar-refractivity contribution in [3.63, 3.8) is 0 Å². The monoisotopic (exact) mass is 440 g/mol. The lowest BCUT2D eigenvalue weighted by atomic mass is 9.93. The molecule has 1 fully saturated rings. The molecule has 1 aliphatic rings. The molecule has 0 radical (unpaired) electrons. The van der Waals surface area contributed by atoms with Crippen molar-refractivity contribution in [1.29, 1.82) is 0 Å². The lowest BCUT2D eigenvalue weighted by molar-refractivity contribution is 0.370. The Morgan fingerprint density at radius 2 is 2.25 bits per heavy atom. The molecule has 3 rings (SSSR count). The van der Waals surface area contributed by atoms with Gasteiger partial charge >= 0.3 is 0 Å². The van der Waals surface area contributed by atoms with Gasteiger partial charge in [0.1, 0.15) is 6.33 Å². The molecule has 2 heterocycles. The van der Waals surface area contributed by atoms with Crippen LogP contribution in [0.2, 0.25) is 0 Å². The van der Waals surface area contributed by atoms with Gasteiger partial charge in [0.2, 0.25) is 0 Å². The topological polar surface area (TPSA) is 69.2 Å². The fourth-order valence-electron chi connectivity index (χ4n) is 2.98. The molecule has 7 heteroatoms. The van der Waals surface area contributed by atoms with Gasteiger partial charge in [0.15, 0.2) is 11.8 Å². The number of nitrogens with one attached hydrogen (secondary N) is 2. The van der Waals surface area contributed by atoms with E-state index in [0.717, 1.165) is 37.0 Å². The average molecular weight is 440 g/mol. The van der Waals surface area contributed by atoms with Crippen LogP contribution in [-0.2, 0) is 6.54 Å². The third-order valence-corrected chi connectivity index (χ3v) is 4.25. The van der Waals surface area contributed by atoms with Gasteiger partial charge < -0.3 is 10.2 Å². The van der Waals surface area contributed by atoms with Crippen molar-refractivity contribution >= 4 is 29.9 Å². The summed E-state index contributed by atoms with van der Waals surface area (Å²) in [4.78, 5) is 11.0. The smallest absolute Gasteiger partial charge is 0.193 e. The summed E-state index contributed by atoms with van der Waals surface area (Å²) in [5.74, 6) is 1.76. The molecule has 0 unspecified atom stereocenters. The molecule has 1 aliphatic heterocycles. The number of guanidine groups is 1. The molecular formula is C17H25IN6. The maximum Gasteiger partial charge on any atom is 0.193 e. The minimum absolute atomic E-state index is 0. The molecule has 0 atom stereocenters. The Labute approximate surface area is 160 Å². The molecule has 1 aromatic carbocycles. The zero-order valence-corrected chi connectivity index (χ0v) is 16.7. The predicted octanol–water partition coefficient (Wildman–Crippen LogP) is 2.90.